The first kappa shape index (κ1) is 33.1. The van der Waals surface area contributed by atoms with Crippen LogP contribution in [-0.2, 0) is 35.1 Å². The third-order valence-electron chi connectivity index (χ3n) is 6.32. The van der Waals surface area contributed by atoms with E-state index in [4.69, 9.17) is 24.7 Å². The highest BCUT2D eigenvalue weighted by molar-refractivity contribution is 5.77. The van der Waals surface area contributed by atoms with E-state index in [0.717, 1.165) is 12.8 Å². The van der Waals surface area contributed by atoms with E-state index < -0.39 is 36.2 Å². The van der Waals surface area contributed by atoms with E-state index in [-0.39, 0.29) is 48.6 Å². The van der Waals surface area contributed by atoms with Gasteiger partial charge < -0.3 is 24.7 Å². The van der Waals surface area contributed by atoms with Crippen molar-refractivity contribution >= 4 is 23.9 Å². The maximum atomic E-state index is 12.6. The van der Waals surface area contributed by atoms with Crippen molar-refractivity contribution < 1.29 is 38.1 Å². The summed E-state index contributed by atoms with van der Waals surface area (Å²) in [5.41, 5.74) is 6.70. The number of carbonyl (C=O) groups excluding carboxylic acids is 4. The lowest BCUT2D eigenvalue weighted by Crippen LogP contribution is -2.40. The molecule has 0 aromatic heterocycles. The summed E-state index contributed by atoms with van der Waals surface area (Å²) >= 11 is 0. The summed E-state index contributed by atoms with van der Waals surface area (Å²) in [5, 5.41) is 0. The van der Waals surface area contributed by atoms with E-state index in [1.165, 1.54) is 6.07 Å². The van der Waals surface area contributed by atoms with Gasteiger partial charge in [-0.15, -0.1) is 0 Å². The Morgan fingerprint density at radius 3 is 1.76 bits per heavy atom. The Balaban J connectivity index is 2.89. The normalized spacial score (nSPS) is 14.2. The SMILES string of the molecule is CCCCC(=O)Oc1ccc(C[C@H](N)C(=O)O[C@@H](C)[C@H](C)OC(=O)C(C)C(C)C)cc1OC(=O)CCCC. The molecule has 0 saturated heterocycles. The number of nitrogens with two attached hydrogens (primary N) is 1. The molecule has 1 rings (SSSR count). The molecule has 0 amide bonds. The topological polar surface area (TPSA) is 131 Å². The quantitative estimate of drug-likeness (QED) is 0.232. The molecule has 9 nitrogen and oxygen atoms in total. The summed E-state index contributed by atoms with van der Waals surface area (Å²) < 4.78 is 21.8. The second-order valence-corrected chi connectivity index (χ2v) is 10.1. The van der Waals surface area contributed by atoms with Crippen LogP contribution in [-0.4, -0.2) is 42.1 Å². The number of hydrogen-bond donors (Lipinski definition) is 1. The van der Waals surface area contributed by atoms with E-state index >= 15 is 0 Å². The monoisotopic (exact) mass is 535 g/mol. The maximum absolute atomic E-state index is 12.6. The number of benzene rings is 1. The van der Waals surface area contributed by atoms with Crippen LogP contribution in [0.2, 0.25) is 0 Å². The van der Waals surface area contributed by atoms with Gasteiger partial charge in [0.1, 0.15) is 18.2 Å². The molecular formula is C29H45NO8. The van der Waals surface area contributed by atoms with Crippen molar-refractivity contribution in [3.05, 3.63) is 23.8 Å². The van der Waals surface area contributed by atoms with Crippen LogP contribution in [0.5, 0.6) is 11.5 Å². The van der Waals surface area contributed by atoms with Gasteiger partial charge in [-0.1, -0.05) is 53.5 Å². The molecule has 0 radical (unpaired) electrons. The van der Waals surface area contributed by atoms with E-state index in [9.17, 15) is 19.2 Å². The van der Waals surface area contributed by atoms with Crippen molar-refractivity contribution in [3.8, 4) is 11.5 Å². The van der Waals surface area contributed by atoms with Gasteiger partial charge in [-0.05, 0) is 56.7 Å². The Morgan fingerprint density at radius 2 is 1.26 bits per heavy atom. The summed E-state index contributed by atoms with van der Waals surface area (Å²) in [5.74, 6) is -1.78. The first-order chi connectivity index (χ1) is 17.9. The second-order valence-electron chi connectivity index (χ2n) is 10.1. The lowest BCUT2D eigenvalue weighted by atomic mass is 9.98. The van der Waals surface area contributed by atoms with E-state index in [2.05, 4.69) is 0 Å². The van der Waals surface area contributed by atoms with Crippen molar-refractivity contribution in [1.29, 1.82) is 0 Å². The highest BCUT2D eigenvalue weighted by Gasteiger charge is 2.27. The fourth-order valence-corrected chi connectivity index (χ4v) is 3.20. The minimum Gasteiger partial charge on any atom is -0.459 e. The van der Waals surface area contributed by atoms with Gasteiger partial charge >= 0.3 is 23.9 Å². The Kier molecular flexibility index (Phi) is 14.6. The van der Waals surface area contributed by atoms with Gasteiger partial charge in [0.25, 0.3) is 0 Å². The minimum atomic E-state index is -1.02. The fraction of sp³-hybridized carbons (Fsp3) is 0.655. The molecule has 38 heavy (non-hydrogen) atoms. The molecule has 0 aliphatic heterocycles. The molecule has 0 heterocycles. The molecule has 1 aromatic rings. The second kappa shape index (κ2) is 16.8. The van der Waals surface area contributed by atoms with Crippen LogP contribution in [0.3, 0.4) is 0 Å². The summed E-state index contributed by atoms with van der Waals surface area (Å²) in [4.78, 5) is 49.3. The lowest BCUT2D eigenvalue weighted by Gasteiger charge is -2.24. The maximum Gasteiger partial charge on any atom is 0.323 e. The van der Waals surface area contributed by atoms with Crippen LogP contribution >= 0.6 is 0 Å². The van der Waals surface area contributed by atoms with Crippen molar-refractivity contribution in [1.82, 2.24) is 0 Å². The molecule has 0 spiro atoms. The number of rotatable bonds is 16. The van der Waals surface area contributed by atoms with Crippen LogP contribution in [0.25, 0.3) is 0 Å². The Labute approximate surface area is 226 Å². The highest BCUT2D eigenvalue weighted by atomic mass is 16.6. The van der Waals surface area contributed by atoms with Crippen LogP contribution in [0, 0.1) is 11.8 Å². The molecule has 0 aliphatic carbocycles. The number of hydrogen-bond acceptors (Lipinski definition) is 9. The van der Waals surface area contributed by atoms with Gasteiger partial charge in [0, 0.05) is 12.8 Å². The number of unbranched alkanes of at least 4 members (excludes halogenated alkanes) is 2. The molecule has 2 N–H and O–H groups in total. The minimum absolute atomic E-state index is 0.0909. The smallest absolute Gasteiger partial charge is 0.323 e. The van der Waals surface area contributed by atoms with Gasteiger partial charge in [0.2, 0.25) is 0 Å². The molecule has 0 fully saturated rings. The standard InChI is InChI=1S/C29H45NO8/c1-8-10-12-26(31)37-24-15-14-22(17-25(24)38-27(32)13-11-9-2)16-23(30)29(34)36-21(7)20(6)35-28(33)19(5)18(3)4/h14-15,17-21,23H,8-13,16,30H2,1-7H3/t19?,20-,21-,23-/m0/s1. The van der Waals surface area contributed by atoms with Gasteiger partial charge in [-0.3, -0.25) is 19.2 Å². The molecule has 0 bridgehead atoms. The lowest BCUT2D eigenvalue weighted by molar-refractivity contribution is -0.169. The number of esters is 4. The largest absolute Gasteiger partial charge is 0.459 e. The van der Waals surface area contributed by atoms with Crippen molar-refractivity contribution in [2.45, 2.75) is 112 Å². The van der Waals surface area contributed by atoms with E-state index in [0.29, 0.717) is 18.4 Å². The Bertz CT molecular complexity index is 929. The molecular weight excluding hydrogens is 490 g/mol. The van der Waals surface area contributed by atoms with Crippen LogP contribution in [0.15, 0.2) is 18.2 Å². The number of ether oxygens (including phenoxy) is 4. The van der Waals surface area contributed by atoms with Gasteiger partial charge in [-0.25, -0.2) is 0 Å². The van der Waals surface area contributed by atoms with Crippen LogP contribution in [0.4, 0.5) is 0 Å². The molecule has 1 unspecified atom stereocenters. The zero-order valence-electron chi connectivity index (χ0n) is 23.9. The first-order valence-corrected chi connectivity index (χ1v) is 13.6. The van der Waals surface area contributed by atoms with Gasteiger partial charge in [-0.2, -0.15) is 0 Å². The van der Waals surface area contributed by atoms with Crippen LogP contribution in [0.1, 0.15) is 92.6 Å². The van der Waals surface area contributed by atoms with E-state index in [1.54, 1.807) is 32.9 Å². The van der Waals surface area contributed by atoms with Crippen molar-refractivity contribution in [2.24, 2.45) is 17.6 Å². The zero-order chi connectivity index (χ0) is 28.8. The highest BCUT2D eigenvalue weighted by Crippen LogP contribution is 2.30. The zero-order valence-corrected chi connectivity index (χ0v) is 23.9. The Morgan fingerprint density at radius 1 is 0.763 bits per heavy atom. The van der Waals surface area contributed by atoms with Gasteiger partial charge in [0.15, 0.2) is 11.5 Å². The average molecular weight is 536 g/mol. The first-order valence-electron chi connectivity index (χ1n) is 13.6. The van der Waals surface area contributed by atoms with Crippen molar-refractivity contribution in [3.63, 3.8) is 0 Å². The predicted molar refractivity (Wildman–Crippen MR) is 144 cm³/mol. The summed E-state index contributed by atoms with van der Waals surface area (Å²) in [6.07, 6.45) is 2.26. The summed E-state index contributed by atoms with van der Waals surface area (Å²) in [6.45, 7) is 12.9. The fourth-order valence-electron chi connectivity index (χ4n) is 3.20. The molecule has 4 atom stereocenters. The molecule has 9 heteroatoms. The van der Waals surface area contributed by atoms with Gasteiger partial charge in [0.05, 0.1) is 5.92 Å². The summed E-state index contributed by atoms with van der Waals surface area (Å²) in [6, 6.07) is 3.71. The average Bonchev–Trinajstić information content (AvgIpc) is 2.86. The Hall–Kier alpha value is -2.94. The molecule has 0 saturated carbocycles. The predicted octanol–water partition coefficient (Wildman–Crippen LogP) is 4.90. The third kappa shape index (κ3) is 11.6. The third-order valence-corrected chi connectivity index (χ3v) is 6.32. The molecule has 214 valence electrons. The van der Waals surface area contributed by atoms with E-state index in [1.807, 2.05) is 27.7 Å². The van der Waals surface area contributed by atoms with Crippen LogP contribution < -0.4 is 15.2 Å². The molecule has 1 aromatic carbocycles. The number of carbonyl (C=O) groups is 4. The molecule has 0 aliphatic rings. The summed E-state index contributed by atoms with van der Waals surface area (Å²) in [7, 11) is 0. The van der Waals surface area contributed by atoms with Crippen molar-refractivity contribution in [2.75, 3.05) is 0 Å².